The van der Waals surface area contributed by atoms with Gasteiger partial charge in [-0.25, -0.2) is 0 Å². The average molecular weight is 241 g/mol. The minimum Gasteiger partial charge on any atom is -0.324 e. The van der Waals surface area contributed by atoms with Crippen LogP contribution in [0.1, 0.15) is 17.5 Å². The lowest BCUT2D eigenvalue weighted by molar-refractivity contribution is -0.119. The number of halogens is 1. The summed E-state index contributed by atoms with van der Waals surface area (Å²) in [5.41, 5.74) is 3.19. The highest BCUT2D eigenvalue weighted by Gasteiger charge is 2.24. The molecule has 0 radical (unpaired) electrons. The average Bonchev–Trinajstić information content (AvgIpc) is 2.08. The molecular formula is C12H17ClN2O. The summed E-state index contributed by atoms with van der Waals surface area (Å²) in [6, 6.07) is 6.09. The van der Waals surface area contributed by atoms with E-state index < -0.39 is 0 Å². The van der Waals surface area contributed by atoms with Crippen LogP contribution in [-0.2, 0) is 4.79 Å². The number of carbonyl (C=O) groups is 1. The second kappa shape index (κ2) is 5.32. The molecule has 1 aliphatic heterocycles. The van der Waals surface area contributed by atoms with Gasteiger partial charge in [0.05, 0.1) is 6.04 Å². The third-order valence-corrected chi connectivity index (χ3v) is 2.79. The highest BCUT2D eigenvalue weighted by molar-refractivity contribution is 5.96. The quantitative estimate of drug-likeness (QED) is 0.831. The topological polar surface area (TPSA) is 41.1 Å². The zero-order valence-corrected chi connectivity index (χ0v) is 10.4. The van der Waals surface area contributed by atoms with Crippen molar-refractivity contribution in [1.29, 1.82) is 0 Å². The standard InChI is InChI=1S/C12H16N2O.ClH/c1-8-3-4-9(2)11(7-8)14-12(15)10-5-6-13-10;/h3-4,7,10,13H,5-6H2,1-2H3,(H,14,15);1H/t10-;/m1./s1. The van der Waals surface area contributed by atoms with Crippen LogP contribution in [0.4, 0.5) is 5.69 Å². The van der Waals surface area contributed by atoms with Crippen LogP contribution in [0, 0.1) is 13.8 Å². The molecule has 0 aliphatic carbocycles. The number of benzene rings is 1. The van der Waals surface area contributed by atoms with E-state index in [1.807, 2.05) is 32.0 Å². The van der Waals surface area contributed by atoms with Crippen molar-refractivity contribution in [3.05, 3.63) is 29.3 Å². The number of carbonyl (C=O) groups excluding carboxylic acids is 1. The smallest absolute Gasteiger partial charge is 0.241 e. The maximum Gasteiger partial charge on any atom is 0.241 e. The van der Waals surface area contributed by atoms with E-state index in [0.29, 0.717) is 0 Å². The van der Waals surface area contributed by atoms with Gasteiger partial charge in [0.25, 0.3) is 0 Å². The molecule has 1 saturated heterocycles. The lowest BCUT2D eigenvalue weighted by atomic mass is 10.1. The van der Waals surface area contributed by atoms with Gasteiger partial charge >= 0.3 is 0 Å². The molecule has 3 nitrogen and oxygen atoms in total. The Morgan fingerprint density at radius 3 is 2.69 bits per heavy atom. The first-order valence-electron chi connectivity index (χ1n) is 5.28. The van der Waals surface area contributed by atoms with E-state index in [4.69, 9.17) is 0 Å². The Hall–Kier alpha value is -1.06. The molecule has 0 bridgehead atoms. The van der Waals surface area contributed by atoms with Gasteiger partial charge in [-0.05, 0) is 44.0 Å². The second-order valence-electron chi connectivity index (χ2n) is 4.10. The minimum atomic E-state index is 0. The molecule has 0 aromatic heterocycles. The lowest BCUT2D eigenvalue weighted by Gasteiger charge is -2.26. The second-order valence-corrected chi connectivity index (χ2v) is 4.10. The number of rotatable bonds is 2. The molecule has 88 valence electrons. The Labute approximate surface area is 102 Å². The van der Waals surface area contributed by atoms with Gasteiger partial charge in [0.15, 0.2) is 0 Å². The fourth-order valence-electron chi connectivity index (χ4n) is 1.60. The number of nitrogens with one attached hydrogen (secondary N) is 2. The highest BCUT2D eigenvalue weighted by Crippen LogP contribution is 2.17. The van der Waals surface area contributed by atoms with E-state index in [0.717, 1.165) is 29.8 Å². The maximum absolute atomic E-state index is 11.7. The Morgan fingerprint density at radius 1 is 1.44 bits per heavy atom. The van der Waals surface area contributed by atoms with E-state index in [-0.39, 0.29) is 24.4 Å². The van der Waals surface area contributed by atoms with Crippen LogP contribution in [0.3, 0.4) is 0 Å². The van der Waals surface area contributed by atoms with Gasteiger partial charge in [0.1, 0.15) is 0 Å². The van der Waals surface area contributed by atoms with Gasteiger partial charge in [-0.1, -0.05) is 12.1 Å². The van der Waals surface area contributed by atoms with Crippen molar-refractivity contribution >= 4 is 24.0 Å². The first kappa shape index (κ1) is 13.0. The van der Waals surface area contributed by atoms with Crippen molar-refractivity contribution in [2.24, 2.45) is 0 Å². The van der Waals surface area contributed by atoms with Gasteiger partial charge in [-0.2, -0.15) is 0 Å². The Balaban J connectivity index is 0.00000128. The lowest BCUT2D eigenvalue weighted by Crippen LogP contribution is -2.50. The first-order chi connectivity index (χ1) is 7.16. The van der Waals surface area contributed by atoms with Gasteiger partial charge in [-0.15, -0.1) is 12.4 Å². The van der Waals surface area contributed by atoms with Gasteiger partial charge in [0, 0.05) is 5.69 Å². The van der Waals surface area contributed by atoms with E-state index in [1.54, 1.807) is 0 Å². The molecule has 1 fully saturated rings. The van der Waals surface area contributed by atoms with Crippen LogP contribution in [0.25, 0.3) is 0 Å². The van der Waals surface area contributed by atoms with Crippen molar-refractivity contribution in [2.75, 3.05) is 11.9 Å². The molecule has 1 heterocycles. The largest absolute Gasteiger partial charge is 0.324 e. The fraction of sp³-hybridized carbons (Fsp3) is 0.417. The Morgan fingerprint density at radius 2 is 2.12 bits per heavy atom. The maximum atomic E-state index is 11.7. The Bertz CT molecular complexity index is 389. The number of amides is 1. The zero-order chi connectivity index (χ0) is 10.8. The number of aryl methyl sites for hydroxylation is 2. The molecule has 2 N–H and O–H groups in total. The predicted molar refractivity (Wildman–Crippen MR) is 68.2 cm³/mol. The van der Waals surface area contributed by atoms with E-state index in [9.17, 15) is 4.79 Å². The van der Waals surface area contributed by atoms with Crippen molar-refractivity contribution < 1.29 is 4.79 Å². The van der Waals surface area contributed by atoms with Crippen LogP contribution in [-0.4, -0.2) is 18.5 Å². The van der Waals surface area contributed by atoms with Crippen LogP contribution in [0.15, 0.2) is 18.2 Å². The monoisotopic (exact) mass is 240 g/mol. The summed E-state index contributed by atoms with van der Waals surface area (Å²) >= 11 is 0. The molecule has 4 heteroatoms. The van der Waals surface area contributed by atoms with Crippen molar-refractivity contribution in [3.63, 3.8) is 0 Å². The summed E-state index contributed by atoms with van der Waals surface area (Å²) in [6.07, 6.45) is 0.941. The molecule has 1 aromatic rings. The summed E-state index contributed by atoms with van der Waals surface area (Å²) in [5, 5.41) is 6.04. The highest BCUT2D eigenvalue weighted by atomic mass is 35.5. The number of anilines is 1. The third-order valence-electron chi connectivity index (χ3n) is 2.79. The molecule has 16 heavy (non-hydrogen) atoms. The summed E-state index contributed by atoms with van der Waals surface area (Å²) in [5.74, 6) is 0.0787. The molecule has 1 aromatic carbocycles. The van der Waals surface area contributed by atoms with E-state index >= 15 is 0 Å². The molecule has 0 saturated carbocycles. The van der Waals surface area contributed by atoms with Gasteiger partial charge < -0.3 is 10.6 Å². The van der Waals surface area contributed by atoms with Gasteiger partial charge in [-0.3, -0.25) is 4.79 Å². The molecule has 0 unspecified atom stereocenters. The predicted octanol–water partition coefficient (Wildman–Crippen LogP) is 2.03. The number of hydrogen-bond donors (Lipinski definition) is 2. The number of hydrogen-bond acceptors (Lipinski definition) is 2. The molecule has 2 rings (SSSR count). The van der Waals surface area contributed by atoms with Crippen molar-refractivity contribution in [3.8, 4) is 0 Å². The van der Waals surface area contributed by atoms with E-state index in [1.165, 1.54) is 0 Å². The zero-order valence-electron chi connectivity index (χ0n) is 9.54. The summed E-state index contributed by atoms with van der Waals surface area (Å²) in [7, 11) is 0. The normalized spacial score (nSPS) is 18.2. The third kappa shape index (κ3) is 2.74. The molecular weight excluding hydrogens is 224 g/mol. The van der Waals surface area contributed by atoms with Crippen LogP contribution < -0.4 is 10.6 Å². The van der Waals surface area contributed by atoms with E-state index in [2.05, 4.69) is 10.6 Å². The first-order valence-corrected chi connectivity index (χ1v) is 5.28. The molecule has 1 atom stereocenters. The Kier molecular flexibility index (Phi) is 4.33. The summed E-state index contributed by atoms with van der Waals surface area (Å²) < 4.78 is 0. The summed E-state index contributed by atoms with van der Waals surface area (Å²) in [4.78, 5) is 11.7. The molecule has 1 aliphatic rings. The summed E-state index contributed by atoms with van der Waals surface area (Å²) in [6.45, 7) is 4.98. The molecule has 1 amide bonds. The van der Waals surface area contributed by atoms with Crippen molar-refractivity contribution in [2.45, 2.75) is 26.3 Å². The van der Waals surface area contributed by atoms with Crippen molar-refractivity contribution in [1.82, 2.24) is 5.32 Å². The van der Waals surface area contributed by atoms with Gasteiger partial charge in [0.2, 0.25) is 5.91 Å². The minimum absolute atomic E-state index is 0. The SMILES string of the molecule is Cc1ccc(C)c(NC(=O)[C@H]2CCN2)c1.Cl. The van der Waals surface area contributed by atoms with Crippen LogP contribution in [0.5, 0.6) is 0 Å². The molecule has 0 spiro atoms. The van der Waals surface area contributed by atoms with Crippen LogP contribution >= 0.6 is 12.4 Å². The fourth-order valence-corrected chi connectivity index (χ4v) is 1.60. The van der Waals surface area contributed by atoms with Crippen LogP contribution in [0.2, 0.25) is 0 Å².